The van der Waals surface area contributed by atoms with Gasteiger partial charge in [-0.1, -0.05) is 12.2 Å². The highest BCUT2D eigenvalue weighted by molar-refractivity contribution is 7.80. The molecule has 76 valence electrons. The SMILES string of the molecule is COc1cc(F)cc(F)c1CC(N)=S. The van der Waals surface area contributed by atoms with Gasteiger partial charge in [0.2, 0.25) is 0 Å². The molecule has 14 heavy (non-hydrogen) atoms. The Morgan fingerprint density at radius 3 is 2.64 bits per heavy atom. The fourth-order valence-corrected chi connectivity index (χ4v) is 1.25. The van der Waals surface area contributed by atoms with E-state index in [1.165, 1.54) is 7.11 Å². The van der Waals surface area contributed by atoms with E-state index in [-0.39, 0.29) is 22.7 Å². The molecule has 0 amide bonds. The van der Waals surface area contributed by atoms with E-state index in [4.69, 9.17) is 10.5 Å². The molecule has 0 radical (unpaired) electrons. The highest BCUT2D eigenvalue weighted by Crippen LogP contribution is 2.23. The predicted molar refractivity (Wildman–Crippen MR) is 53.4 cm³/mol. The fraction of sp³-hybridized carbons (Fsp3) is 0.222. The Morgan fingerprint density at radius 2 is 2.14 bits per heavy atom. The Morgan fingerprint density at radius 1 is 1.50 bits per heavy atom. The molecule has 2 nitrogen and oxygen atoms in total. The molecule has 0 unspecified atom stereocenters. The van der Waals surface area contributed by atoms with E-state index in [0.717, 1.165) is 12.1 Å². The number of rotatable bonds is 3. The van der Waals surface area contributed by atoms with Gasteiger partial charge in [0.1, 0.15) is 17.4 Å². The average Bonchev–Trinajstić information content (AvgIpc) is 2.08. The van der Waals surface area contributed by atoms with E-state index in [2.05, 4.69) is 12.2 Å². The molecule has 1 rings (SSSR count). The highest BCUT2D eigenvalue weighted by Gasteiger charge is 2.12. The summed E-state index contributed by atoms with van der Waals surface area (Å²) in [6.45, 7) is 0. The van der Waals surface area contributed by atoms with Crippen LogP contribution in [0.3, 0.4) is 0 Å². The molecule has 0 bridgehead atoms. The Hall–Kier alpha value is -1.23. The minimum atomic E-state index is -0.699. The van der Waals surface area contributed by atoms with Crippen molar-refractivity contribution in [3.63, 3.8) is 0 Å². The van der Waals surface area contributed by atoms with Crippen LogP contribution in [0, 0.1) is 11.6 Å². The number of ether oxygens (including phenoxy) is 1. The highest BCUT2D eigenvalue weighted by atomic mass is 32.1. The largest absolute Gasteiger partial charge is 0.496 e. The van der Waals surface area contributed by atoms with E-state index in [0.29, 0.717) is 0 Å². The van der Waals surface area contributed by atoms with Crippen molar-refractivity contribution in [2.45, 2.75) is 6.42 Å². The van der Waals surface area contributed by atoms with Crippen molar-refractivity contribution in [1.82, 2.24) is 0 Å². The molecule has 1 aromatic carbocycles. The smallest absolute Gasteiger partial charge is 0.133 e. The maximum atomic E-state index is 13.2. The first-order chi connectivity index (χ1) is 6.54. The Bertz CT molecular complexity index is 368. The summed E-state index contributed by atoms with van der Waals surface area (Å²) in [5.41, 5.74) is 5.45. The van der Waals surface area contributed by atoms with E-state index < -0.39 is 11.6 Å². The minimum absolute atomic E-state index is 0.0601. The van der Waals surface area contributed by atoms with E-state index >= 15 is 0 Å². The van der Waals surface area contributed by atoms with Crippen LogP contribution in [0.15, 0.2) is 12.1 Å². The number of benzene rings is 1. The zero-order chi connectivity index (χ0) is 10.7. The van der Waals surface area contributed by atoms with Gasteiger partial charge in [-0.05, 0) is 0 Å². The van der Waals surface area contributed by atoms with Gasteiger partial charge in [-0.3, -0.25) is 0 Å². The summed E-state index contributed by atoms with van der Waals surface area (Å²) in [5.74, 6) is -1.27. The van der Waals surface area contributed by atoms with Gasteiger partial charge in [-0.2, -0.15) is 0 Å². The molecular weight excluding hydrogens is 208 g/mol. The zero-order valence-electron chi connectivity index (χ0n) is 7.51. The second-order valence-electron chi connectivity index (χ2n) is 2.71. The van der Waals surface area contributed by atoms with Gasteiger partial charge in [0.05, 0.1) is 12.1 Å². The second kappa shape index (κ2) is 4.32. The molecule has 1 aromatic rings. The van der Waals surface area contributed by atoms with Crippen molar-refractivity contribution in [2.75, 3.05) is 7.11 Å². The molecule has 0 saturated heterocycles. The summed E-state index contributed by atoms with van der Waals surface area (Å²) < 4.78 is 30.8. The number of nitrogens with two attached hydrogens (primary N) is 1. The Labute approximate surface area is 85.7 Å². The van der Waals surface area contributed by atoms with Crippen LogP contribution in [0.1, 0.15) is 5.56 Å². The molecule has 0 aliphatic carbocycles. The fourth-order valence-electron chi connectivity index (χ4n) is 1.11. The van der Waals surface area contributed by atoms with Crippen LogP contribution < -0.4 is 10.5 Å². The first-order valence-corrected chi connectivity index (χ1v) is 4.25. The molecule has 0 atom stereocenters. The van der Waals surface area contributed by atoms with Gasteiger partial charge in [-0.15, -0.1) is 0 Å². The summed E-state index contributed by atoms with van der Waals surface area (Å²) in [4.78, 5) is 0.133. The van der Waals surface area contributed by atoms with Gasteiger partial charge in [0.25, 0.3) is 0 Å². The Balaban J connectivity index is 3.18. The third-order valence-corrected chi connectivity index (χ3v) is 1.83. The van der Waals surface area contributed by atoms with Crippen molar-refractivity contribution < 1.29 is 13.5 Å². The van der Waals surface area contributed by atoms with Gasteiger partial charge >= 0.3 is 0 Å². The van der Waals surface area contributed by atoms with Crippen LogP contribution in [0.4, 0.5) is 8.78 Å². The number of halogens is 2. The molecule has 0 fully saturated rings. The van der Waals surface area contributed by atoms with E-state index in [1.807, 2.05) is 0 Å². The lowest BCUT2D eigenvalue weighted by Crippen LogP contribution is -2.13. The summed E-state index contributed by atoms with van der Waals surface area (Å²) in [5, 5.41) is 0. The quantitative estimate of drug-likeness (QED) is 0.784. The number of methoxy groups -OCH3 is 1. The van der Waals surface area contributed by atoms with Crippen LogP contribution in [0.2, 0.25) is 0 Å². The average molecular weight is 217 g/mol. The van der Waals surface area contributed by atoms with E-state index in [9.17, 15) is 8.78 Å². The molecular formula is C9H9F2NOS. The van der Waals surface area contributed by atoms with Crippen molar-refractivity contribution in [2.24, 2.45) is 5.73 Å². The number of hydrogen-bond donors (Lipinski definition) is 1. The van der Waals surface area contributed by atoms with Crippen LogP contribution in [0.5, 0.6) is 5.75 Å². The first-order valence-electron chi connectivity index (χ1n) is 3.84. The molecule has 0 aliphatic heterocycles. The maximum Gasteiger partial charge on any atom is 0.133 e. The summed E-state index contributed by atoms with van der Waals surface area (Å²) >= 11 is 4.64. The van der Waals surface area contributed by atoms with Crippen molar-refractivity contribution in [3.05, 3.63) is 29.3 Å². The third kappa shape index (κ3) is 2.38. The predicted octanol–water partition coefficient (Wildman–Crippen LogP) is 1.80. The maximum absolute atomic E-state index is 13.2. The number of thiocarbonyl (C=S) groups is 1. The normalized spacial score (nSPS) is 9.93. The summed E-state index contributed by atoms with van der Waals surface area (Å²) in [6.07, 6.45) is 0.0601. The van der Waals surface area contributed by atoms with Crippen LogP contribution in [-0.2, 0) is 6.42 Å². The second-order valence-corrected chi connectivity index (χ2v) is 3.24. The van der Waals surface area contributed by atoms with Gasteiger partial charge in [0, 0.05) is 24.1 Å². The third-order valence-electron chi connectivity index (χ3n) is 1.69. The van der Waals surface area contributed by atoms with Crippen molar-refractivity contribution in [3.8, 4) is 5.75 Å². The molecule has 5 heteroatoms. The lowest BCUT2D eigenvalue weighted by atomic mass is 10.1. The molecule has 0 aromatic heterocycles. The van der Waals surface area contributed by atoms with Crippen LogP contribution in [-0.4, -0.2) is 12.1 Å². The number of hydrogen-bond acceptors (Lipinski definition) is 2. The molecule has 0 saturated carbocycles. The van der Waals surface area contributed by atoms with Gasteiger partial charge < -0.3 is 10.5 Å². The van der Waals surface area contributed by atoms with Gasteiger partial charge in [0.15, 0.2) is 0 Å². The Kier molecular flexibility index (Phi) is 3.35. The van der Waals surface area contributed by atoms with Crippen molar-refractivity contribution in [1.29, 1.82) is 0 Å². The van der Waals surface area contributed by atoms with E-state index in [1.54, 1.807) is 0 Å². The summed E-state index contributed by atoms with van der Waals surface area (Å²) in [6, 6.07) is 1.87. The first kappa shape index (κ1) is 10.8. The van der Waals surface area contributed by atoms with Gasteiger partial charge in [-0.25, -0.2) is 8.78 Å². The molecule has 0 aliphatic rings. The molecule has 2 N–H and O–H groups in total. The van der Waals surface area contributed by atoms with Crippen molar-refractivity contribution >= 4 is 17.2 Å². The summed E-state index contributed by atoms with van der Waals surface area (Å²) in [7, 11) is 1.33. The minimum Gasteiger partial charge on any atom is -0.496 e. The molecule has 0 spiro atoms. The monoisotopic (exact) mass is 217 g/mol. The lowest BCUT2D eigenvalue weighted by molar-refractivity contribution is 0.401. The van der Waals surface area contributed by atoms with Crippen LogP contribution >= 0.6 is 12.2 Å². The zero-order valence-corrected chi connectivity index (χ0v) is 8.33. The van der Waals surface area contributed by atoms with Crippen LogP contribution in [0.25, 0.3) is 0 Å². The topological polar surface area (TPSA) is 35.2 Å². The molecule has 0 heterocycles. The standard InChI is InChI=1S/C9H9F2NOS/c1-13-8-3-5(10)2-7(11)6(8)4-9(12)14/h2-3H,4H2,1H3,(H2,12,14). The lowest BCUT2D eigenvalue weighted by Gasteiger charge is -2.08.